The Morgan fingerprint density at radius 1 is 1.30 bits per heavy atom. The topological polar surface area (TPSA) is 85.3 Å². The van der Waals surface area contributed by atoms with Crippen molar-refractivity contribution in [1.82, 2.24) is 4.72 Å². The second-order valence-corrected chi connectivity index (χ2v) is 7.33. The molecular formula is C14H24N2O3S. The number of rotatable bonds is 5. The standard InChI is InChI=1S/C14H24N2O3S/c1-9(12-6-4-5-7-12)16-20(17,18)14-11(3)19-10(2)13(14)8-15/h9,12,16H,4-8,15H2,1-3H3. The monoisotopic (exact) mass is 300 g/mol. The first-order valence-electron chi connectivity index (χ1n) is 7.18. The molecule has 0 aliphatic heterocycles. The fraction of sp³-hybridized carbons (Fsp3) is 0.714. The van der Waals surface area contributed by atoms with Crippen LogP contribution in [0.25, 0.3) is 0 Å². The maximum atomic E-state index is 12.6. The molecule has 0 radical (unpaired) electrons. The molecule has 1 heterocycles. The van der Waals surface area contributed by atoms with E-state index in [1.165, 1.54) is 12.8 Å². The smallest absolute Gasteiger partial charge is 0.244 e. The van der Waals surface area contributed by atoms with Crippen molar-refractivity contribution in [2.24, 2.45) is 11.7 Å². The van der Waals surface area contributed by atoms with E-state index in [0.717, 1.165) is 12.8 Å². The van der Waals surface area contributed by atoms with Crippen LogP contribution in [-0.4, -0.2) is 14.5 Å². The van der Waals surface area contributed by atoms with Gasteiger partial charge >= 0.3 is 0 Å². The van der Waals surface area contributed by atoms with Crippen molar-refractivity contribution in [3.05, 3.63) is 17.1 Å². The molecule has 0 aromatic carbocycles. The Morgan fingerprint density at radius 3 is 2.45 bits per heavy atom. The lowest BCUT2D eigenvalue weighted by molar-refractivity contribution is 0.423. The Bertz CT molecular complexity index is 571. The molecule has 2 rings (SSSR count). The lowest BCUT2D eigenvalue weighted by atomic mass is 10.0. The molecule has 5 nitrogen and oxygen atoms in total. The Hall–Kier alpha value is -0.850. The molecule has 1 atom stereocenters. The summed E-state index contributed by atoms with van der Waals surface area (Å²) in [6.07, 6.45) is 4.57. The molecule has 0 saturated heterocycles. The van der Waals surface area contributed by atoms with Gasteiger partial charge in [0.05, 0.1) is 0 Å². The van der Waals surface area contributed by atoms with Crippen LogP contribution in [0.1, 0.15) is 49.7 Å². The van der Waals surface area contributed by atoms with Gasteiger partial charge in [-0.25, -0.2) is 13.1 Å². The summed E-state index contributed by atoms with van der Waals surface area (Å²) in [6.45, 7) is 5.52. The zero-order valence-electron chi connectivity index (χ0n) is 12.4. The van der Waals surface area contributed by atoms with Gasteiger partial charge in [-0.15, -0.1) is 0 Å². The predicted octanol–water partition coefficient (Wildman–Crippen LogP) is 2.21. The van der Waals surface area contributed by atoms with Crippen LogP contribution < -0.4 is 10.5 Å². The minimum Gasteiger partial charge on any atom is -0.465 e. The van der Waals surface area contributed by atoms with Crippen LogP contribution in [0.2, 0.25) is 0 Å². The molecule has 3 N–H and O–H groups in total. The summed E-state index contributed by atoms with van der Waals surface area (Å²) >= 11 is 0. The van der Waals surface area contributed by atoms with Crippen LogP contribution in [0, 0.1) is 19.8 Å². The Balaban J connectivity index is 2.26. The van der Waals surface area contributed by atoms with Crippen molar-refractivity contribution < 1.29 is 12.8 Å². The lowest BCUT2D eigenvalue weighted by Gasteiger charge is -2.20. The van der Waals surface area contributed by atoms with Crippen LogP contribution >= 0.6 is 0 Å². The van der Waals surface area contributed by atoms with E-state index in [9.17, 15) is 8.42 Å². The van der Waals surface area contributed by atoms with E-state index in [0.29, 0.717) is 23.0 Å². The van der Waals surface area contributed by atoms with Crippen molar-refractivity contribution in [3.63, 3.8) is 0 Å². The summed E-state index contributed by atoms with van der Waals surface area (Å²) in [5.41, 5.74) is 6.24. The van der Waals surface area contributed by atoms with Gasteiger partial charge in [-0.1, -0.05) is 12.8 Å². The molecule has 114 valence electrons. The number of aryl methyl sites for hydroxylation is 2. The first-order valence-corrected chi connectivity index (χ1v) is 8.66. The summed E-state index contributed by atoms with van der Waals surface area (Å²) < 4.78 is 33.4. The van der Waals surface area contributed by atoms with Gasteiger partial charge in [-0.2, -0.15) is 0 Å². The van der Waals surface area contributed by atoms with E-state index < -0.39 is 10.0 Å². The molecule has 1 aliphatic rings. The number of hydrogen-bond acceptors (Lipinski definition) is 4. The Kier molecular flexibility index (Phi) is 4.56. The molecule has 1 saturated carbocycles. The quantitative estimate of drug-likeness (QED) is 0.873. The van der Waals surface area contributed by atoms with E-state index >= 15 is 0 Å². The summed E-state index contributed by atoms with van der Waals surface area (Å²) in [6, 6.07) is -0.0530. The summed E-state index contributed by atoms with van der Waals surface area (Å²) in [5.74, 6) is 1.42. The second kappa shape index (κ2) is 5.87. The van der Waals surface area contributed by atoms with E-state index in [2.05, 4.69) is 4.72 Å². The fourth-order valence-electron chi connectivity index (χ4n) is 3.16. The van der Waals surface area contributed by atoms with Crippen molar-refractivity contribution in [2.75, 3.05) is 0 Å². The number of nitrogens with one attached hydrogen (secondary N) is 1. The van der Waals surface area contributed by atoms with Crippen LogP contribution in [0.15, 0.2) is 9.31 Å². The molecule has 1 aromatic heterocycles. The van der Waals surface area contributed by atoms with E-state index in [1.54, 1.807) is 13.8 Å². The van der Waals surface area contributed by atoms with E-state index in [1.807, 2.05) is 6.92 Å². The highest BCUT2D eigenvalue weighted by atomic mass is 32.2. The largest absolute Gasteiger partial charge is 0.465 e. The van der Waals surface area contributed by atoms with Gasteiger partial charge < -0.3 is 10.2 Å². The molecule has 6 heteroatoms. The van der Waals surface area contributed by atoms with Crippen molar-refractivity contribution in [1.29, 1.82) is 0 Å². The van der Waals surface area contributed by atoms with Crippen molar-refractivity contribution in [3.8, 4) is 0 Å². The highest BCUT2D eigenvalue weighted by Gasteiger charge is 2.30. The lowest BCUT2D eigenvalue weighted by Crippen LogP contribution is -2.37. The minimum absolute atomic E-state index is 0.0530. The zero-order chi connectivity index (χ0) is 14.9. The third-order valence-corrected chi connectivity index (χ3v) is 6.00. The normalized spacial score (nSPS) is 18.6. The van der Waals surface area contributed by atoms with Crippen LogP contribution in [0.3, 0.4) is 0 Å². The van der Waals surface area contributed by atoms with Crippen LogP contribution in [0.4, 0.5) is 0 Å². The molecule has 1 aliphatic carbocycles. The van der Waals surface area contributed by atoms with Gasteiger partial charge in [0.25, 0.3) is 0 Å². The molecule has 0 amide bonds. The highest BCUT2D eigenvalue weighted by molar-refractivity contribution is 7.89. The summed E-state index contributed by atoms with van der Waals surface area (Å²) in [5, 5.41) is 0. The number of sulfonamides is 1. The zero-order valence-corrected chi connectivity index (χ0v) is 13.2. The van der Waals surface area contributed by atoms with Gasteiger partial charge in [0.1, 0.15) is 16.4 Å². The Morgan fingerprint density at radius 2 is 1.90 bits per heavy atom. The van der Waals surface area contributed by atoms with Gasteiger partial charge in [-0.05, 0) is 39.5 Å². The van der Waals surface area contributed by atoms with Crippen molar-refractivity contribution in [2.45, 2.75) is 63.9 Å². The predicted molar refractivity (Wildman–Crippen MR) is 77.8 cm³/mol. The van der Waals surface area contributed by atoms with E-state index in [-0.39, 0.29) is 17.5 Å². The van der Waals surface area contributed by atoms with Crippen LogP contribution in [-0.2, 0) is 16.6 Å². The molecule has 1 fully saturated rings. The highest BCUT2D eigenvalue weighted by Crippen LogP contribution is 2.30. The molecule has 0 spiro atoms. The summed E-state index contributed by atoms with van der Waals surface area (Å²) in [4.78, 5) is 0.224. The van der Waals surface area contributed by atoms with Crippen LogP contribution in [0.5, 0.6) is 0 Å². The Labute approximate surface area is 121 Å². The molecule has 20 heavy (non-hydrogen) atoms. The number of nitrogens with two attached hydrogens (primary N) is 1. The minimum atomic E-state index is -3.57. The SMILES string of the molecule is Cc1oc(C)c(S(=O)(=O)NC(C)C2CCCC2)c1CN. The molecule has 1 aromatic rings. The van der Waals surface area contributed by atoms with Gasteiger partial charge in [0, 0.05) is 18.2 Å². The summed E-state index contributed by atoms with van der Waals surface area (Å²) in [7, 11) is -3.57. The number of hydrogen-bond donors (Lipinski definition) is 2. The van der Waals surface area contributed by atoms with E-state index in [4.69, 9.17) is 10.2 Å². The third kappa shape index (κ3) is 2.92. The fourth-order valence-corrected chi connectivity index (χ4v) is 4.93. The second-order valence-electron chi connectivity index (χ2n) is 5.68. The van der Waals surface area contributed by atoms with Gasteiger partial charge in [-0.3, -0.25) is 0 Å². The maximum Gasteiger partial charge on any atom is 0.244 e. The average molecular weight is 300 g/mol. The first-order chi connectivity index (χ1) is 9.36. The molecular weight excluding hydrogens is 276 g/mol. The number of furan rings is 1. The van der Waals surface area contributed by atoms with Crippen molar-refractivity contribution >= 4 is 10.0 Å². The first kappa shape index (κ1) is 15.5. The maximum absolute atomic E-state index is 12.6. The average Bonchev–Trinajstić information content (AvgIpc) is 2.95. The molecule has 1 unspecified atom stereocenters. The van der Waals surface area contributed by atoms with Gasteiger partial charge in [0.15, 0.2) is 0 Å². The third-order valence-electron chi connectivity index (χ3n) is 4.25. The van der Waals surface area contributed by atoms with Gasteiger partial charge in [0.2, 0.25) is 10.0 Å². The molecule has 0 bridgehead atoms.